The monoisotopic (exact) mass is 435 g/mol. The molecule has 4 rings (SSSR count). The Bertz CT molecular complexity index is 1090. The number of benzene rings is 1. The van der Waals surface area contributed by atoms with Crippen molar-refractivity contribution in [3.8, 4) is 0 Å². The maximum Gasteiger partial charge on any atom is 0.254 e. The summed E-state index contributed by atoms with van der Waals surface area (Å²) in [4.78, 5) is 26.6. The number of carbonyl (C=O) groups excluding carboxylic acids is 1. The van der Waals surface area contributed by atoms with Gasteiger partial charge in [0.25, 0.3) is 5.91 Å². The maximum absolute atomic E-state index is 13.6. The molecule has 32 heavy (non-hydrogen) atoms. The lowest BCUT2D eigenvalue weighted by Crippen LogP contribution is -2.41. The van der Waals surface area contributed by atoms with Gasteiger partial charge in [-0.3, -0.25) is 14.7 Å². The molecule has 1 aliphatic heterocycles. The Kier molecular flexibility index (Phi) is 6.86. The van der Waals surface area contributed by atoms with Crippen LogP contribution < -0.4 is 10.6 Å². The summed E-state index contributed by atoms with van der Waals surface area (Å²) in [6.07, 6.45) is 5.87. The van der Waals surface area contributed by atoms with Gasteiger partial charge in [-0.05, 0) is 37.1 Å². The molecular weight excluding hydrogens is 409 g/mol. The lowest BCUT2D eigenvalue weighted by Gasteiger charge is -2.31. The average Bonchev–Trinajstić information content (AvgIpc) is 3.22. The minimum atomic E-state index is -0.472. The fourth-order valence-corrected chi connectivity index (χ4v) is 3.74. The van der Waals surface area contributed by atoms with Gasteiger partial charge in [0.1, 0.15) is 11.6 Å². The lowest BCUT2D eigenvalue weighted by molar-refractivity contribution is -0.117. The van der Waals surface area contributed by atoms with Gasteiger partial charge in [0.2, 0.25) is 0 Å². The third-order valence-corrected chi connectivity index (χ3v) is 5.54. The van der Waals surface area contributed by atoms with E-state index in [-0.39, 0.29) is 23.9 Å². The molecule has 9 heteroatoms. The van der Waals surface area contributed by atoms with Gasteiger partial charge in [0.05, 0.1) is 35.4 Å². The molecular formula is C23H26FN7O. The second-order valence-corrected chi connectivity index (χ2v) is 7.78. The molecule has 1 saturated heterocycles. The summed E-state index contributed by atoms with van der Waals surface area (Å²) >= 11 is 0. The number of piperidine rings is 1. The SMILES string of the molecule is N=C/C(=C\NC1CCN(Cc2nc3ccccc3[nH]2)CC1)C(=O)NCc1ncccc1F. The first-order chi connectivity index (χ1) is 15.6. The number of nitrogens with one attached hydrogen (secondary N) is 4. The fraction of sp³-hybridized carbons (Fsp3) is 0.304. The summed E-state index contributed by atoms with van der Waals surface area (Å²) < 4.78 is 13.6. The van der Waals surface area contributed by atoms with E-state index in [0.717, 1.165) is 55.5 Å². The van der Waals surface area contributed by atoms with Crippen LogP contribution in [-0.2, 0) is 17.9 Å². The molecule has 0 radical (unpaired) electrons. The smallest absolute Gasteiger partial charge is 0.254 e. The van der Waals surface area contributed by atoms with E-state index in [1.807, 2.05) is 24.3 Å². The predicted molar refractivity (Wildman–Crippen MR) is 120 cm³/mol. The van der Waals surface area contributed by atoms with Crippen LogP contribution in [0.2, 0.25) is 0 Å². The van der Waals surface area contributed by atoms with Crippen molar-refractivity contribution in [2.75, 3.05) is 13.1 Å². The third-order valence-electron chi connectivity index (χ3n) is 5.54. The van der Waals surface area contributed by atoms with Crippen molar-refractivity contribution in [2.45, 2.75) is 32.0 Å². The standard InChI is InChI=1S/C23H26FN7O/c24-18-4-3-9-26-21(18)14-28-23(32)16(12-25)13-27-17-7-10-31(11-8-17)15-22-29-19-5-1-2-6-20(19)30-22/h1-6,9,12-13,17,25,27H,7-8,10-11,14-15H2,(H,28,32)(H,29,30)/b16-13+,25-12?. The van der Waals surface area contributed by atoms with E-state index in [9.17, 15) is 9.18 Å². The largest absolute Gasteiger partial charge is 0.387 e. The molecule has 3 aromatic rings. The number of imidazole rings is 1. The Labute approximate surface area is 185 Å². The van der Waals surface area contributed by atoms with E-state index in [1.165, 1.54) is 18.3 Å². The van der Waals surface area contributed by atoms with Crippen LogP contribution in [0.15, 0.2) is 54.4 Å². The van der Waals surface area contributed by atoms with Gasteiger partial charge in [-0.1, -0.05) is 12.1 Å². The van der Waals surface area contributed by atoms with Crippen molar-refractivity contribution in [2.24, 2.45) is 0 Å². The molecule has 4 N–H and O–H groups in total. The van der Waals surface area contributed by atoms with E-state index in [4.69, 9.17) is 5.41 Å². The molecule has 0 unspecified atom stereocenters. The number of carbonyl (C=O) groups is 1. The number of hydrogen-bond donors (Lipinski definition) is 4. The highest BCUT2D eigenvalue weighted by Gasteiger charge is 2.20. The number of rotatable bonds is 8. The van der Waals surface area contributed by atoms with Gasteiger partial charge >= 0.3 is 0 Å². The highest BCUT2D eigenvalue weighted by atomic mass is 19.1. The van der Waals surface area contributed by atoms with Crippen molar-refractivity contribution in [3.05, 3.63) is 71.7 Å². The molecule has 3 heterocycles. The lowest BCUT2D eigenvalue weighted by atomic mass is 10.1. The number of nitrogens with zero attached hydrogens (tertiary/aromatic N) is 3. The van der Waals surface area contributed by atoms with Crippen molar-refractivity contribution >= 4 is 23.2 Å². The van der Waals surface area contributed by atoms with Crippen LogP contribution in [0, 0.1) is 11.2 Å². The Morgan fingerprint density at radius 1 is 1.25 bits per heavy atom. The number of fused-ring (bicyclic) bond motifs is 1. The van der Waals surface area contributed by atoms with Crippen molar-refractivity contribution in [1.82, 2.24) is 30.5 Å². The van der Waals surface area contributed by atoms with Gasteiger partial charge in [-0.15, -0.1) is 0 Å². The van der Waals surface area contributed by atoms with E-state index < -0.39 is 11.7 Å². The molecule has 1 fully saturated rings. The Balaban J connectivity index is 1.24. The number of amides is 1. The van der Waals surface area contributed by atoms with Crippen LogP contribution in [0.25, 0.3) is 11.0 Å². The zero-order valence-electron chi connectivity index (χ0n) is 17.6. The number of H-pyrrole nitrogens is 1. The Morgan fingerprint density at radius 2 is 2.06 bits per heavy atom. The average molecular weight is 436 g/mol. The number of aromatic nitrogens is 3. The van der Waals surface area contributed by atoms with Crippen LogP contribution in [0.1, 0.15) is 24.4 Å². The molecule has 166 valence electrons. The summed E-state index contributed by atoms with van der Waals surface area (Å²) in [6, 6.07) is 11.0. The second-order valence-electron chi connectivity index (χ2n) is 7.78. The van der Waals surface area contributed by atoms with Crippen molar-refractivity contribution in [1.29, 1.82) is 5.41 Å². The molecule has 0 aliphatic carbocycles. The molecule has 1 aliphatic rings. The van der Waals surface area contributed by atoms with Crippen LogP contribution in [0.4, 0.5) is 4.39 Å². The normalized spacial score (nSPS) is 15.6. The van der Waals surface area contributed by atoms with Crippen molar-refractivity contribution < 1.29 is 9.18 Å². The maximum atomic E-state index is 13.6. The first-order valence-electron chi connectivity index (χ1n) is 10.6. The molecule has 8 nitrogen and oxygen atoms in total. The van der Waals surface area contributed by atoms with Gasteiger partial charge < -0.3 is 21.0 Å². The summed E-state index contributed by atoms with van der Waals surface area (Å²) in [7, 11) is 0. The quantitative estimate of drug-likeness (QED) is 0.321. The van der Waals surface area contributed by atoms with Crippen LogP contribution in [0.3, 0.4) is 0 Å². The third kappa shape index (κ3) is 5.36. The highest BCUT2D eigenvalue weighted by molar-refractivity contribution is 6.11. The fourth-order valence-electron chi connectivity index (χ4n) is 3.74. The van der Waals surface area contributed by atoms with E-state index >= 15 is 0 Å². The Hall–Kier alpha value is -3.59. The highest BCUT2D eigenvalue weighted by Crippen LogP contribution is 2.16. The van der Waals surface area contributed by atoms with Gasteiger partial charge in [0, 0.05) is 37.7 Å². The van der Waals surface area contributed by atoms with E-state index in [0.29, 0.717) is 0 Å². The molecule has 0 atom stereocenters. The zero-order chi connectivity index (χ0) is 22.3. The molecule has 0 spiro atoms. The number of likely N-dealkylation sites (tertiary alicyclic amines) is 1. The van der Waals surface area contributed by atoms with Crippen LogP contribution in [-0.4, -0.2) is 51.1 Å². The van der Waals surface area contributed by atoms with Crippen LogP contribution >= 0.6 is 0 Å². The predicted octanol–water partition coefficient (Wildman–Crippen LogP) is 2.50. The molecule has 1 amide bonds. The van der Waals surface area contributed by atoms with Gasteiger partial charge in [-0.2, -0.15) is 0 Å². The van der Waals surface area contributed by atoms with E-state index in [2.05, 4.69) is 30.5 Å². The summed E-state index contributed by atoms with van der Waals surface area (Å²) in [5.74, 6) is 0.0465. The van der Waals surface area contributed by atoms with E-state index in [1.54, 1.807) is 6.20 Å². The number of hydrogen-bond acceptors (Lipinski definition) is 6. The minimum absolute atomic E-state index is 0.0309. The van der Waals surface area contributed by atoms with Gasteiger partial charge in [-0.25, -0.2) is 9.37 Å². The summed E-state index contributed by atoms with van der Waals surface area (Å²) in [5.41, 5.74) is 2.38. The minimum Gasteiger partial charge on any atom is -0.387 e. The summed E-state index contributed by atoms with van der Waals surface area (Å²) in [5, 5.41) is 13.4. The first-order valence-corrected chi connectivity index (χ1v) is 10.6. The number of halogens is 1. The van der Waals surface area contributed by atoms with Gasteiger partial charge in [0.15, 0.2) is 0 Å². The first kappa shape index (κ1) is 21.6. The van der Waals surface area contributed by atoms with Crippen molar-refractivity contribution in [3.63, 3.8) is 0 Å². The number of para-hydroxylation sites is 2. The second kappa shape index (κ2) is 10.1. The zero-order valence-corrected chi connectivity index (χ0v) is 17.6. The summed E-state index contributed by atoms with van der Waals surface area (Å²) in [6.45, 7) is 2.56. The molecule has 0 bridgehead atoms. The molecule has 1 aromatic carbocycles. The van der Waals surface area contributed by atoms with Crippen LogP contribution in [0.5, 0.6) is 0 Å². The number of aromatic amines is 1. The molecule has 0 saturated carbocycles. The molecule has 2 aromatic heterocycles. The Morgan fingerprint density at radius 3 is 2.81 bits per heavy atom. The topological polar surface area (TPSA) is 110 Å². The number of pyridine rings is 1.